The highest BCUT2D eigenvalue weighted by Crippen LogP contribution is 2.48. The van der Waals surface area contributed by atoms with Crippen LogP contribution >= 0.6 is 22.9 Å². The molecule has 1 aliphatic rings. The Morgan fingerprint density at radius 3 is 2.90 bits per heavy atom. The minimum Gasteiger partial charge on any atom is -0.355 e. The molecule has 5 heteroatoms. The number of rotatable bonds is 5. The molecule has 1 N–H and O–H groups in total. The van der Waals surface area contributed by atoms with Crippen LogP contribution in [0.1, 0.15) is 29.1 Å². The van der Waals surface area contributed by atoms with Gasteiger partial charge in [0, 0.05) is 23.4 Å². The number of carbonyl (C=O) groups is 1. The Morgan fingerprint density at radius 2 is 2.29 bits per heavy atom. The number of nitrogens with one attached hydrogen (secondary N) is 1. The number of benzene rings is 1. The molecule has 1 aromatic carbocycles. The van der Waals surface area contributed by atoms with Crippen molar-refractivity contribution < 1.29 is 4.79 Å². The average molecular weight is 321 g/mol. The molecule has 1 heterocycles. The molecule has 1 amide bonds. The Hall–Kier alpha value is -1.39. The van der Waals surface area contributed by atoms with E-state index in [-0.39, 0.29) is 11.3 Å². The summed E-state index contributed by atoms with van der Waals surface area (Å²) in [5, 5.41) is 6.84. The summed E-state index contributed by atoms with van der Waals surface area (Å²) in [7, 11) is 0. The van der Waals surface area contributed by atoms with Crippen molar-refractivity contribution in [1.29, 1.82) is 0 Å². The fraction of sp³-hybridized carbons (Fsp3) is 0.375. The first kappa shape index (κ1) is 14.5. The van der Waals surface area contributed by atoms with Crippen molar-refractivity contribution in [2.24, 2.45) is 0 Å². The maximum Gasteiger partial charge on any atom is 0.230 e. The second-order valence-electron chi connectivity index (χ2n) is 5.46. The molecule has 110 valence electrons. The maximum absolute atomic E-state index is 12.5. The summed E-state index contributed by atoms with van der Waals surface area (Å²) < 4.78 is 0. The number of carbonyl (C=O) groups excluding carboxylic acids is 1. The molecule has 0 radical (unpaired) electrons. The molecular formula is C16H17ClN2OS. The lowest BCUT2D eigenvalue weighted by Gasteiger charge is -2.15. The number of nitrogens with zero attached hydrogens (tertiary/aromatic N) is 1. The van der Waals surface area contributed by atoms with Gasteiger partial charge in [0.2, 0.25) is 5.91 Å². The zero-order valence-electron chi connectivity index (χ0n) is 11.9. The van der Waals surface area contributed by atoms with Gasteiger partial charge in [-0.3, -0.25) is 4.79 Å². The van der Waals surface area contributed by atoms with Crippen molar-refractivity contribution in [2.45, 2.75) is 31.6 Å². The summed E-state index contributed by atoms with van der Waals surface area (Å²) in [6, 6.07) is 7.63. The molecule has 0 saturated heterocycles. The van der Waals surface area contributed by atoms with Crippen LogP contribution in [0.2, 0.25) is 5.02 Å². The van der Waals surface area contributed by atoms with Crippen molar-refractivity contribution >= 4 is 28.8 Å². The molecule has 0 aliphatic heterocycles. The van der Waals surface area contributed by atoms with Crippen molar-refractivity contribution in [1.82, 2.24) is 10.3 Å². The Morgan fingerprint density at radius 1 is 1.48 bits per heavy atom. The van der Waals surface area contributed by atoms with E-state index in [4.69, 9.17) is 11.6 Å². The van der Waals surface area contributed by atoms with E-state index in [0.717, 1.165) is 35.5 Å². The van der Waals surface area contributed by atoms with Crippen LogP contribution in [0.3, 0.4) is 0 Å². The number of thiazole rings is 1. The van der Waals surface area contributed by atoms with Gasteiger partial charge < -0.3 is 5.32 Å². The van der Waals surface area contributed by atoms with Crippen LogP contribution < -0.4 is 5.32 Å². The summed E-state index contributed by atoms with van der Waals surface area (Å²) in [5.41, 5.74) is 1.71. The largest absolute Gasteiger partial charge is 0.355 e. The van der Waals surface area contributed by atoms with Gasteiger partial charge in [0.25, 0.3) is 0 Å². The molecule has 0 unspecified atom stereocenters. The highest BCUT2D eigenvalue weighted by Gasteiger charge is 2.51. The van der Waals surface area contributed by atoms with Gasteiger partial charge in [-0.1, -0.05) is 23.7 Å². The van der Waals surface area contributed by atoms with Crippen LogP contribution in [0.25, 0.3) is 0 Å². The van der Waals surface area contributed by atoms with Gasteiger partial charge in [0.1, 0.15) is 0 Å². The first-order chi connectivity index (χ1) is 10.1. The Bertz CT molecular complexity index is 664. The van der Waals surface area contributed by atoms with Crippen LogP contribution in [-0.2, 0) is 16.6 Å². The third-order valence-corrected chi connectivity index (χ3v) is 4.95. The second kappa shape index (κ2) is 5.78. The number of aryl methyl sites for hydroxylation is 1. The third-order valence-electron chi connectivity index (χ3n) is 3.90. The fourth-order valence-electron chi connectivity index (χ4n) is 2.55. The average Bonchev–Trinajstić information content (AvgIpc) is 3.17. The lowest BCUT2D eigenvalue weighted by molar-refractivity contribution is -0.123. The molecule has 0 atom stereocenters. The highest BCUT2D eigenvalue weighted by atomic mass is 35.5. The van der Waals surface area contributed by atoms with Gasteiger partial charge in [-0.15, -0.1) is 11.3 Å². The van der Waals surface area contributed by atoms with E-state index in [1.165, 1.54) is 0 Å². The standard InChI is InChI=1S/C16H17ClN2OS/c1-11-19-14(10-21-11)5-8-18-15(20)16(6-7-16)12-3-2-4-13(17)9-12/h2-4,9-10H,5-8H2,1H3,(H,18,20). The number of halogens is 1. The zero-order valence-corrected chi connectivity index (χ0v) is 13.4. The quantitative estimate of drug-likeness (QED) is 0.916. The highest BCUT2D eigenvalue weighted by molar-refractivity contribution is 7.09. The van der Waals surface area contributed by atoms with E-state index in [2.05, 4.69) is 10.3 Å². The lowest BCUT2D eigenvalue weighted by Crippen LogP contribution is -2.36. The molecule has 1 saturated carbocycles. The third kappa shape index (κ3) is 3.11. The topological polar surface area (TPSA) is 42.0 Å². The molecule has 3 nitrogen and oxygen atoms in total. The lowest BCUT2D eigenvalue weighted by atomic mass is 9.95. The summed E-state index contributed by atoms with van der Waals surface area (Å²) in [6.45, 7) is 2.62. The van der Waals surface area contributed by atoms with Crippen molar-refractivity contribution in [3.05, 3.63) is 50.9 Å². The Labute approximate surface area is 133 Å². The summed E-state index contributed by atoms with van der Waals surface area (Å²) in [5.74, 6) is 0.108. The van der Waals surface area contributed by atoms with Crippen LogP contribution in [0.15, 0.2) is 29.6 Å². The maximum atomic E-state index is 12.5. The van der Waals surface area contributed by atoms with Gasteiger partial charge in [0.05, 0.1) is 16.1 Å². The number of aromatic nitrogens is 1. The second-order valence-corrected chi connectivity index (χ2v) is 6.95. The Balaban J connectivity index is 1.60. The van der Waals surface area contributed by atoms with Crippen LogP contribution in [0.4, 0.5) is 0 Å². The van der Waals surface area contributed by atoms with Gasteiger partial charge in [-0.05, 0) is 37.5 Å². The predicted molar refractivity (Wildman–Crippen MR) is 85.9 cm³/mol. The van der Waals surface area contributed by atoms with Crippen molar-refractivity contribution in [3.63, 3.8) is 0 Å². The predicted octanol–water partition coefficient (Wildman–Crippen LogP) is 3.50. The molecule has 1 aliphatic carbocycles. The smallest absolute Gasteiger partial charge is 0.230 e. The van der Waals surface area contributed by atoms with Gasteiger partial charge in [-0.2, -0.15) is 0 Å². The van der Waals surface area contributed by atoms with E-state index in [1.54, 1.807) is 11.3 Å². The van der Waals surface area contributed by atoms with E-state index in [1.807, 2.05) is 36.6 Å². The van der Waals surface area contributed by atoms with Gasteiger partial charge in [0.15, 0.2) is 0 Å². The van der Waals surface area contributed by atoms with Crippen LogP contribution in [0.5, 0.6) is 0 Å². The van der Waals surface area contributed by atoms with Gasteiger partial charge in [-0.25, -0.2) is 4.98 Å². The first-order valence-corrected chi connectivity index (χ1v) is 8.31. The van der Waals surface area contributed by atoms with Crippen LogP contribution in [-0.4, -0.2) is 17.4 Å². The molecule has 0 spiro atoms. The normalized spacial score (nSPS) is 15.7. The van der Waals surface area contributed by atoms with Crippen LogP contribution in [0, 0.1) is 6.92 Å². The Kier molecular flexibility index (Phi) is 4.00. The monoisotopic (exact) mass is 320 g/mol. The van der Waals surface area contributed by atoms with E-state index in [0.29, 0.717) is 11.6 Å². The zero-order chi connectivity index (χ0) is 14.9. The molecule has 0 bridgehead atoms. The number of amides is 1. The summed E-state index contributed by atoms with van der Waals surface area (Å²) in [4.78, 5) is 16.9. The molecule has 21 heavy (non-hydrogen) atoms. The first-order valence-electron chi connectivity index (χ1n) is 7.05. The number of hydrogen-bond acceptors (Lipinski definition) is 3. The minimum absolute atomic E-state index is 0.108. The van der Waals surface area contributed by atoms with E-state index < -0.39 is 0 Å². The molecule has 3 rings (SSSR count). The fourth-order valence-corrected chi connectivity index (χ4v) is 3.39. The molecule has 1 fully saturated rings. The van der Waals surface area contributed by atoms with Crippen molar-refractivity contribution in [2.75, 3.05) is 6.54 Å². The van der Waals surface area contributed by atoms with E-state index >= 15 is 0 Å². The molecular weight excluding hydrogens is 304 g/mol. The van der Waals surface area contributed by atoms with Gasteiger partial charge >= 0.3 is 0 Å². The SMILES string of the molecule is Cc1nc(CCNC(=O)C2(c3cccc(Cl)c3)CC2)cs1. The molecule has 2 aromatic rings. The number of hydrogen-bond donors (Lipinski definition) is 1. The minimum atomic E-state index is -0.358. The molecule has 1 aromatic heterocycles. The summed E-state index contributed by atoms with van der Waals surface area (Å²) in [6.07, 6.45) is 2.58. The van der Waals surface area contributed by atoms with E-state index in [9.17, 15) is 4.79 Å². The van der Waals surface area contributed by atoms with Crippen molar-refractivity contribution in [3.8, 4) is 0 Å². The summed E-state index contributed by atoms with van der Waals surface area (Å²) >= 11 is 7.67.